The van der Waals surface area contributed by atoms with Crippen molar-refractivity contribution in [3.05, 3.63) is 45.0 Å². The third kappa shape index (κ3) is 4.05. The fraction of sp³-hybridized carbons (Fsp3) is 0.412. The molecule has 1 fully saturated rings. The van der Waals surface area contributed by atoms with Crippen molar-refractivity contribution in [1.29, 1.82) is 0 Å². The summed E-state index contributed by atoms with van der Waals surface area (Å²) >= 11 is 2.66. The molecule has 7 nitrogen and oxygen atoms in total. The molecule has 1 atom stereocenters. The molecule has 26 heavy (non-hydrogen) atoms. The molecule has 1 aliphatic carbocycles. The molecule has 1 aromatic heterocycles. The minimum atomic E-state index is -0.475. The fourth-order valence-corrected chi connectivity index (χ4v) is 4.61. The van der Waals surface area contributed by atoms with Gasteiger partial charge in [0.05, 0.1) is 15.4 Å². The van der Waals surface area contributed by atoms with Crippen molar-refractivity contribution in [2.24, 2.45) is 11.7 Å². The summed E-state index contributed by atoms with van der Waals surface area (Å²) in [5.74, 6) is 0.0315. The van der Waals surface area contributed by atoms with Gasteiger partial charge in [-0.15, -0.1) is 11.3 Å². The van der Waals surface area contributed by atoms with Crippen LogP contribution in [0.4, 0.5) is 5.69 Å². The van der Waals surface area contributed by atoms with Gasteiger partial charge in [-0.05, 0) is 44.7 Å². The molecule has 1 saturated carbocycles. The highest BCUT2D eigenvalue weighted by Crippen LogP contribution is 2.40. The first-order chi connectivity index (χ1) is 12.3. The number of benzene rings is 1. The molecular formula is C17H20N4O3S2. The zero-order valence-electron chi connectivity index (χ0n) is 14.5. The molecule has 3 N–H and O–H groups in total. The average Bonchev–Trinajstić information content (AvgIpc) is 3.39. The molecule has 1 heterocycles. The van der Waals surface area contributed by atoms with Crippen molar-refractivity contribution in [3.63, 3.8) is 0 Å². The van der Waals surface area contributed by atoms with Gasteiger partial charge < -0.3 is 11.1 Å². The Labute approximate surface area is 159 Å². The molecule has 9 heteroatoms. The first-order valence-corrected chi connectivity index (χ1v) is 9.93. The third-order valence-electron chi connectivity index (χ3n) is 4.51. The Morgan fingerprint density at radius 3 is 2.81 bits per heavy atom. The van der Waals surface area contributed by atoms with Crippen LogP contribution in [-0.2, 0) is 0 Å². The number of nitrogens with two attached hydrogens (primary N) is 1. The highest BCUT2D eigenvalue weighted by atomic mass is 32.2. The molecular weight excluding hydrogens is 372 g/mol. The van der Waals surface area contributed by atoms with E-state index in [-0.39, 0.29) is 17.2 Å². The van der Waals surface area contributed by atoms with Crippen molar-refractivity contribution >= 4 is 34.7 Å². The summed E-state index contributed by atoms with van der Waals surface area (Å²) < 4.78 is 0.729. The second-order valence-corrected chi connectivity index (χ2v) is 8.79. The predicted octanol–water partition coefficient (Wildman–Crippen LogP) is 3.37. The number of aromatic nitrogens is 1. The van der Waals surface area contributed by atoms with E-state index >= 15 is 0 Å². The second kappa shape index (κ2) is 7.34. The second-order valence-electron chi connectivity index (χ2n) is 6.65. The SMILES string of the molecule is Cc1csc(Sc2ccc(C(=O)NC(C)(CN)C3CC3)cc2[N+](=O)[O-])n1. The summed E-state index contributed by atoms with van der Waals surface area (Å²) in [6, 6.07) is 4.53. The lowest BCUT2D eigenvalue weighted by atomic mass is 9.95. The largest absolute Gasteiger partial charge is 0.345 e. The first-order valence-electron chi connectivity index (χ1n) is 8.23. The lowest BCUT2D eigenvalue weighted by Crippen LogP contribution is -2.53. The third-order valence-corrected chi connectivity index (χ3v) is 6.64. The molecule has 1 aliphatic rings. The number of hydrogen-bond donors (Lipinski definition) is 2. The lowest BCUT2D eigenvalue weighted by Gasteiger charge is -2.29. The van der Waals surface area contributed by atoms with Crippen molar-refractivity contribution in [1.82, 2.24) is 10.3 Å². The van der Waals surface area contributed by atoms with Crippen LogP contribution in [0.1, 0.15) is 35.8 Å². The summed E-state index contributed by atoms with van der Waals surface area (Å²) in [5.41, 5.74) is 6.39. The number of rotatable bonds is 7. The van der Waals surface area contributed by atoms with Gasteiger partial charge in [-0.2, -0.15) is 0 Å². The maximum Gasteiger partial charge on any atom is 0.284 e. The average molecular weight is 393 g/mol. The van der Waals surface area contributed by atoms with Crippen LogP contribution >= 0.6 is 23.1 Å². The van der Waals surface area contributed by atoms with E-state index in [0.717, 1.165) is 22.9 Å². The summed E-state index contributed by atoms with van der Waals surface area (Å²) in [6.07, 6.45) is 2.08. The summed E-state index contributed by atoms with van der Waals surface area (Å²) in [7, 11) is 0. The zero-order chi connectivity index (χ0) is 18.9. The molecule has 0 radical (unpaired) electrons. The van der Waals surface area contributed by atoms with E-state index in [2.05, 4.69) is 10.3 Å². The first kappa shape index (κ1) is 18.8. The number of nitrogens with one attached hydrogen (secondary N) is 1. The number of nitro benzene ring substituents is 1. The van der Waals surface area contributed by atoms with E-state index in [1.165, 1.54) is 29.2 Å². The van der Waals surface area contributed by atoms with Crippen LogP contribution < -0.4 is 11.1 Å². The molecule has 3 rings (SSSR count). The van der Waals surface area contributed by atoms with Crippen molar-refractivity contribution in [2.75, 3.05) is 6.54 Å². The molecule has 1 unspecified atom stereocenters. The maximum absolute atomic E-state index is 12.6. The zero-order valence-corrected chi connectivity index (χ0v) is 16.2. The van der Waals surface area contributed by atoms with Crippen molar-refractivity contribution in [2.45, 2.75) is 41.5 Å². The van der Waals surface area contributed by atoms with Crippen LogP contribution in [-0.4, -0.2) is 27.9 Å². The topological polar surface area (TPSA) is 111 Å². The van der Waals surface area contributed by atoms with Crippen LogP contribution in [0.15, 0.2) is 32.8 Å². The number of nitro groups is 1. The summed E-state index contributed by atoms with van der Waals surface area (Å²) in [6.45, 7) is 4.13. The maximum atomic E-state index is 12.6. The van der Waals surface area contributed by atoms with Gasteiger partial charge >= 0.3 is 0 Å². The standard InChI is InChI=1S/C17H20N4O3S2/c1-10-8-25-16(19-10)26-14-6-3-11(7-13(14)21(23)24)15(22)20-17(2,9-18)12-4-5-12/h3,6-8,12H,4-5,9,18H2,1-2H3,(H,20,22). The van der Waals surface area contributed by atoms with E-state index in [4.69, 9.17) is 5.73 Å². The molecule has 0 bridgehead atoms. The van der Waals surface area contributed by atoms with Gasteiger partial charge in [-0.25, -0.2) is 4.98 Å². The van der Waals surface area contributed by atoms with Gasteiger partial charge in [0, 0.05) is 29.2 Å². The summed E-state index contributed by atoms with van der Waals surface area (Å²) in [4.78, 5) is 28.4. The van der Waals surface area contributed by atoms with Gasteiger partial charge in [0.2, 0.25) is 0 Å². The van der Waals surface area contributed by atoms with Crippen molar-refractivity contribution < 1.29 is 9.72 Å². The molecule has 0 spiro atoms. The van der Waals surface area contributed by atoms with E-state index in [0.29, 0.717) is 17.4 Å². The van der Waals surface area contributed by atoms with Gasteiger partial charge in [-0.3, -0.25) is 14.9 Å². The van der Waals surface area contributed by atoms with E-state index in [9.17, 15) is 14.9 Å². The van der Waals surface area contributed by atoms with Crippen LogP contribution in [0, 0.1) is 23.0 Å². The minimum absolute atomic E-state index is 0.101. The Morgan fingerprint density at radius 1 is 1.54 bits per heavy atom. The Kier molecular flexibility index (Phi) is 5.31. The molecule has 0 aliphatic heterocycles. The minimum Gasteiger partial charge on any atom is -0.345 e. The molecule has 2 aromatic rings. The number of carbonyl (C=O) groups excluding carboxylic acids is 1. The molecule has 1 aromatic carbocycles. The Bertz CT molecular complexity index is 850. The highest BCUT2D eigenvalue weighted by molar-refractivity contribution is 8.01. The number of amides is 1. The van der Waals surface area contributed by atoms with Crippen LogP contribution in [0.25, 0.3) is 0 Å². The van der Waals surface area contributed by atoms with E-state index in [1.807, 2.05) is 19.2 Å². The number of nitrogens with zero attached hydrogens (tertiary/aromatic N) is 2. The Hall–Kier alpha value is -1.97. The normalized spacial score (nSPS) is 16.1. The Balaban J connectivity index is 1.83. The van der Waals surface area contributed by atoms with Crippen molar-refractivity contribution in [3.8, 4) is 0 Å². The van der Waals surface area contributed by atoms with Gasteiger partial charge in [-0.1, -0.05) is 11.8 Å². The molecule has 0 saturated heterocycles. The predicted molar refractivity (Wildman–Crippen MR) is 102 cm³/mol. The highest BCUT2D eigenvalue weighted by Gasteiger charge is 2.41. The van der Waals surface area contributed by atoms with Gasteiger partial charge in [0.25, 0.3) is 11.6 Å². The van der Waals surface area contributed by atoms with Gasteiger partial charge in [0.15, 0.2) is 4.34 Å². The number of aryl methyl sites for hydroxylation is 1. The van der Waals surface area contributed by atoms with Crippen LogP contribution in [0.5, 0.6) is 0 Å². The summed E-state index contributed by atoms with van der Waals surface area (Å²) in [5, 5.41) is 16.3. The monoisotopic (exact) mass is 392 g/mol. The van der Waals surface area contributed by atoms with Crippen LogP contribution in [0.3, 0.4) is 0 Å². The number of carbonyl (C=O) groups is 1. The van der Waals surface area contributed by atoms with E-state index in [1.54, 1.807) is 12.1 Å². The van der Waals surface area contributed by atoms with Crippen LogP contribution in [0.2, 0.25) is 0 Å². The van der Waals surface area contributed by atoms with E-state index < -0.39 is 10.5 Å². The number of thiazole rings is 1. The fourth-order valence-electron chi connectivity index (χ4n) is 2.73. The Morgan fingerprint density at radius 2 is 2.27 bits per heavy atom. The van der Waals surface area contributed by atoms with Gasteiger partial charge in [0.1, 0.15) is 0 Å². The molecule has 138 valence electrons. The number of hydrogen-bond acceptors (Lipinski definition) is 7. The quantitative estimate of drug-likeness (QED) is 0.552. The lowest BCUT2D eigenvalue weighted by molar-refractivity contribution is -0.387. The smallest absolute Gasteiger partial charge is 0.284 e. The molecule has 1 amide bonds.